The molecule has 0 radical (unpaired) electrons. The lowest BCUT2D eigenvalue weighted by Crippen LogP contribution is -2.31. The van der Waals surface area contributed by atoms with Gasteiger partial charge in [-0.25, -0.2) is 0 Å². The largest absolute Gasteiger partial charge is 0.377 e. The lowest BCUT2D eigenvalue weighted by atomic mass is 9.76. The third-order valence-corrected chi connectivity index (χ3v) is 9.06. The number of para-hydroxylation sites is 2. The predicted molar refractivity (Wildman–Crippen MR) is 143 cm³/mol. The molecule has 0 bridgehead atoms. The third-order valence-electron chi connectivity index (χ3n) is 6.94. The van der Waals surface area contributed by atoms with Crippen molar-refractivity contribution in [3.63, 3.8) is 0 Å². The fourth-order valence-electron chi connectivity index (χ4n) is 5.49. The normalized spacial score (nSPS) is 23.9. The van der Waals surface area contributed by atoms with Crippen molar-refractivity contribution in [1.82, 2.24) is 0 Å². The second kappa shape index (κ2) is 10.0. The molecule has 1 aliphatic carbocycles. The van der Waals surface area contributed by atoms with E-state index in [0.29, 0.717) is 22.6 Å². The van der Waals surface area contributed by atoms with Crippen LogP contribution in [0.4, 0.5) is 22.7 Å². The summed E-state index contributed by atoms with van der Waals surface area (Å²) in [5.74, 6) is -0.516. The lowest BCUT2D eigenvalue weighted by Gasteiger charge is -2.38. The summed E-state index contributed by atoms with van der Waals surface area (Å²) < 4.78 is 0. The van der Waals surface area contributed by atoms with Crippen LogP contribution in [0.2, 0.25) is 0 Å². The summed E-state index contributed by atoms with van der Waals surface area (Å²) in [5, 5.41) is 29.2. The van der Waals surface area contributed by atoms with Crippen molar-refractivity contribution in [1.29, 1.82) is 0 Å². The molecule has 5 atom stereocenters. The Morgan fingerprint density at radius 3 is 2.38 bits per heavy atom. The molecule has 1 aliphatic heterocycles. The molecular formula is C26H23ClN4O5S. The number of nitrogens with one attached hydrogen (secondary N) is 2. The highest BCUT2D eigenvalue weighted by Gasteiger charge is 2.51. The highest BCUT2D eigenvalue weighted by Crippen LogP contribution is 2.59. The molecule has 190 valence electrons. The topological polar surface area (TPSA) is 127 Å². The second-order valence-electron chi connectivity index (χ2n) is 9.17. The summed E-state index contributed by atoms with van der Waals surface area (Å²) in [5.41, 5.74) is 2.96. The zero-order valence-corrected chi connectivity index (χ0v) is 21.2. The number of nitrogens with zero attached hydrogens (tertiary/aromatic N) is 2. The Morgan fingerprint density at radius 2 is 1.68 bits per heavy atom. The van der Waals surface area contributed by atoms with Crippen LogP contribution in [0.1, 0.15) is 36.4 Å². The Hall–Kier alpha value is -3.63. The molecule has 1 amide bonds. The molecule has 2 N–H and O–H groups in total. The number of carbonyl (C=O) groups is 1. The van der Waals surface area contributed by atoms with E-state index in [0.717, 1.165) is 11.3 Å². The maximum atomic E-state index is 11.9. The predicted octanol–water partition coefficient (Wildman–Crippen LogP) is 6.50. The van der Waals surface area contributed by atoms with Crippen molar-refractivity contribution in [3.8, 4) is 0 Å². The molecule has 5 rings (SSSR count). The lowest BCUT2D eigenvalue weighted by molar-refractivity contribution is -0.387. The number of thioether (sulfide) groups is 1. The maximum absolute atomic E-state index is 11.9. The van der Waals surface area contributed by atoms with E-state index in [9.17, 15) is 25.0 Å². The van der Waals surface area contributed by atoms with E-state index in [1.807, 2.05) is 12.1 Å². The number of fused-ring (bicyclic) bond motifs is 3. The fraction of sp³-hybridized carbons (Fsp3) is 0.269. The Bertz CT molecular complexity index is 1400. The van der Waals surface area contributed by atoms with Crippen molar-refractivity contribution in [2.75, 3.05) is 10.6 Å². The molecule has 3 aromatic rings. The van der Waals surface area contributed by atoms with Crippen molar-refractivity contribution in [2.45, 2.75) is 40.8 Å². The average molecular weight is 539 g/mol. The number of carbonyl (C=O) groups excluding carboxylic acids is 1. The highest BCUT2D eigenvalue weighted by atomic mass is 35.5. The summed E-state index contributed by atoms with van der Waals surface area (Å²) in [7, 11) is 0. The van der Waals surface area contributed by atoms with Crippen molar-refractivity contribution >= 4 is 52.0 Å². The monoisotopic (exact) mass is 538 g/mol. The molecule has 11 heteroatoms. The summed E-state index contributed by atoms with van der Waals surface area (Å²) >= 11 is 8.51. The third kappa shape index (κ3) is 4.74. The molecule has 1 heterocycles. The van der Waals surface area contributed by atoms with Gasteiger partial charge in [-0.1, -0.05) is 30.3 Å². The van der Waals surface area contributed by atoms with Gasteiger partial charge in [-0.2, -0.15) is 0 Å². The molecule has 0 aromatic heterocycles. The quantitative estimate of drug-likeness (QED) is 0.208. The van der Waals surface area contributed by atoms with Crippen LogP contribution in [0.15, 0.2) is 71.6 Å². The van der Waals surface area contributed by atoms with Gasteiger partial charge >= 0.3 is 0 Å². The van der Waals surface area contributed by atoms with E-state index >= 15 is 0 Å². The zero-order chi connectivity index (χ0) is 26.3. The first-order valence-corrected chi connectivity index (χ1v) is 13.0. The van der Waals surface area contributed by atoms with Gasteiger partial charge in [0.2, 0.25) is 5.91 Å². The number of nitro benzene ring substituents is 2. The molecule has 0 saturated heterocycles. The molecule has 1 saturated carbocycles. The van der Waals surface area contributed by atoms with Gasteiger partial charge in [0, 0.05) is 41.6 Å². The minimum absolute atomic E-state index is 0.0213. The van der Waals surface area contributed by atoms with Gasteiger partial charge in [-0.3, -0.25) is 25.0 Å². The molecule has 0 spiro atoms. The van der Waals surface area contributed by atoms with E-state index in [1.165, 1.54) is 30.8 Å². The second-order valence-corrected chi connectivity index (χ2v) is 11.0. The van der Waals surface area contributed by atoms with Crippen molar-refractivity contribution in [3.05, 3.63) is 98.1 Å². The molecule has 9 nitrogen and oxygen atoms in total. The number of nitro groups is 2. The van der Waals surface area contributed by atoms with E-state index < -0.39 is 10.3 Å². The first kappa shape index (κ1) is 25.0. The minimum atomic E-state index is -0.409. The number of hydrogen-bond donors (Lipinski definition) is 2. The fourth-order valence-corrected chi connectivity index (χ4v) is 7.44. The van der Waals surface area contributed by atoms with E-state index in [1.54, 1.807) is 42.5 Å². The number of rotatable bonds is 6. The van der Waals surface area contributed by atoms with Gasteiger partial charge in [0.25, 0.3) is 11.4 Å². The van der Waals surface area contributed by atoms with Crippen LogP contribution in [0.25, 0.3) is 0 Å². The summed E-state index contributed by atoms with van der Waals surface area (Å²) in [4.78, 5) is 34.9. The minimum Gasteiger partial charge on any atom is -0.377 e. The van der Waals surface area contributed by atoms with E-state index in [2.05, 4.69) is 10.6 Å². The van der Waals surface area contributed by atoms with E-state index in [4.69, 9.17) is 11.6 Å². The number of halogens is 1. The Balaban J connectivity index is 1.58. The SMILES string of the molecule is CC(=O)Nc1ccc2c(c1)[C@@H]1[C@@H](Cl)[C@@H](Sc3ccccc3[N+](=O)[O-])C[C@H]1[C@H](c1ccccc1[N+](=O)[O-])N2. The van der Waals surface area contributed by atoms with Gasteiger partial charge in [0.1, 0.15) is 0 Å². The van der Waals surface area contributed by atoms with Crippen LogP contribution < -0.4 is 10.6 Å². The number of benzene rings is 3. The molecule has 1 fully saturated rings. The van der Waals surface area contributed by atoms with E-state index in [-0.39, 0.29) is 45.3 Å². The Kier molecular flexibility index (Phi) is 6.78. The van der Waals surface area contributed by atoms with Crippen LogP contribution in [-0.4, -0.2) is 26.4 Å². The standard InChI is InChI=1S/C26H23ClN4O5S/c1-14(32)28-15-10-11-19-17(12-15)24-18(26(29-19)16-6-2-3-7-20(16)30(33)34)13-23(25(24)27)37-22-9-5-4-8-21(22)31(35)36/h2-12,18,23-26,29H,13H2,1H3,(H,28,32)/t18-,23+,24+,25+,26+/m1/s1. The first-order valence-electron chi connectivity index (χ1n) is 11.7. The van der Waals surface area contributed by atoms with Gasteiger partial charge < -0.3 is 10.6 Å². The maximum Gasteiger partial charge on any atom is 0.282 e. The van der Waals surface area contributed by atoms with Crippen LogP contribution in [0.5, 0.6) is 0 Å². The van der Waals surface area contributed by atoms with Crippen LogP contribution in [0, 0.1) is 26.1 Å². The summed E-state index contributed by atoms with van der Waals surface area (Å²) in [6, 6.07) is 18.4. The van der Waals surface area contributed by atoms with Crippen LogP contribution in [0.3, 0.4) is 0 Å². The van der Waals surface area contributed by atoms with Crippen LogP contribution in [-0.2, 0) is 4.79 Å². The van der Waals surface area contributed by atoms with Crippen molar-refractivity contribution in [2.24, 2.45) is 5.92 Å². The zero-order valence-electron chi connectivity index (χ0n) is 19.7. The molecule has 3 aromatic carbocycles. The number of alkyl halides is 1. The number of hydrogen-bond acceptors (Lipinski definition) is 7. The van der Waals surface area contributed by atoms with Gasteiger partial charge in [-0.15, -0.1) is 23.4 Å². The van der Waals surface area contributed by atoms with Gasteiger partial charge in [-0.05, 0) is 42.2 Å². The smallest absolute Gasteiger partial charge is 0.282 e. The summed E-state index contributed by atoms with van der Waals surface area (Å²) in [6.07, 6.45) is 0.586. The van der Waals surface area contributed by atoms with Crippen molar-refractivity contribution < 1.29 is 14.6 Å². The number of amides is 1. The van der Waals surface area contributed by atoms with Crippen LogP contribution >= 0.6 is 23.4 Å². The average Bonchev–Trinajstić information content (AvgIpc) is 3.19. The molecule has 0 unspecified atom stereocenters. The Labute approximate surface area is 221 Å². The van der Waals surface area contributed by atoms with Gasteiger partial charge in [0.05, 0.1) is 31.7 Å². The first-order chi connectivity index (χ1) is 17.7. The Morgan fingerprint density at radius 1 is 1.00 bits per heavy atom. The molecule has 2 aliphatic rings. The molecule has 37 heavy (non-hydrogen) atoms. The highest BCUT2D eigenvalue weighted by molar-refractivity contribution is 8.00. The van der Waals surface area contributed by atoms with Gasteiger partial charge in [0.15, 0.2) is 0 Å². The number of anilines is 2. The summed E-state index contributed by atoms with van der Waals surface area (Å²) in [6.45, 7) is 1.43. The molecular weight excluding hydrogens is 516 g/mol.